The number of anilines is 1. The highest BCUT2D eigenvalue weighted by Gasteiger charge is 2.26. The number of non-ortho nitro benzene ring substituents is 1. The summed E-state index contributed by atoms with van der Waals surface area (Å²) in [5, 5.41) is 34.1. The Bertz CT molecular complexity index is 1830. The van der Waals surface area contributed by atoms with Crippen LogP contribution in [0.5, 0.6) is 0 Å². The third-order valence-corrected chi connectivity index (χ3v) is 8.73. The average molecular weight is 606 g/mol. The van der Waals surface area contributed by atoms with Crippen molar-refractivity contribution in [2.75, 3.05) is 18.1 Å². The lowest BCUT2D eigenvalue weighted by atomic mass is 10.2. The zero-order valence-corrected chi connectivity index (χ0v) is 23.3. The maximum Gasteiger partial charge on any atom is 0.280 e. The van der Waals surface area contributed by atoms with E-state index in [4.69, 9.17) is 10.5 Å². The highest BCUT2D eigenvalue weighted by molar-refractivity contribution is 7.89. The van der Waals surface area contributed by atoms with Crippen molar-refractivity contribution >= 4 is 54.5 Å². The second-order valence-electron chi connectivity index (χ2n) is 8.56. The van der Waals surface area contributed by atoms with Crippen LogP contribution in [0.1, 0.15) is 28.8 Å². The third-order valence-electron chi connectivity index (χ3n) is 5.82. The third kappa shape index (κ3) is 6.79. The number of thiazole rings is 1. The van der Waals surface area contributed by atoms with Crippen molar-refractivity contribution in [3.8, 4) is 12.1 Å². The van der Waals surface area contributed by atoms with E-state index in [9.17, 15) is 27.7 Å². The molecule has 0 saturated carbocycles. The molecule has 1 amide bonds. The molecular weight excluding hydrogens is 585 g/mol. The Balaban J connectivity index is 1.68. The largest absolute Gasteiger partial charge is 0.280 e. The number of nitrogens with zero attached hydrogens (tertiary/aromatic N) is 7. The van der Waals surface area contributed by atoms with Gasteiger partial charge < -0.3 is 0 Å². The smallest absolute Gasteiger partial charge is 0.267 e. The summed E-state index contributed by atoms with van der Waals surface area (Å²) in [5.41, 5.74) is 0.806. The molecule has 3 aromatic carbocycles. The number of hydrogen-bond acceptors (Lipinski definition) is 10. The molecule has 12 nitrogen and oxygen atoms in total. The number of nitro groups is 1. The number of carbonyl (C=O) groups excluding carboxylic acids is 1. The fourth-order valence-corrected chi connectivity index (χ4v) is 6.10. The first-order valence-electron chi connectivity index (χ1n) is 12.2. The monoisotopic (exact) mass is 605 g/mol. The van der Waals surface area contributed by atoms with Gasteiger partial charge in [0.25, 0.3) is 11.6 Å². The molecule has 0 radical (unpaired) electrons. The molecule has 15 heteroatoms. The van der Waals surface area contributed by atoms with Gasteiger partial charge in [0.15, 0.2) is 0 Å². The summed E-state index contributed by atoms with van der Waals surface area (Å²) in [4.78, 5) is 28.3. The lowest BCUT2D eigenvalue weighted by Gasteiger charge is -2.20. The molecule has 0 N–H and O–H groups in total. The molecule has 4 rings (SSSR count). The summed E-state index contributed by atoms with van der Waals surface area (Å²) in [5.74, 6) is -1.16. The van der Waals surface area contributed by atoms with E-state index in [1.807, 2.05) is 12.1 Å². The first kappa shape index (κ1) is 29.9. The van der Waals surface area contributed by atoms with Gasteiger partial charge in [-0.2, -0.15) is 24.9 Å². The Morgan fingerprint density at radius 2 is 1.69 bits per heavy atom. The predicted octanol–water partition coefficient (Wildman–Crippen LogP) is 4.84. The number of nitro benzene ring substituents is 1. The van der Waals surface area contributed by atoms with E-state index in [1.54, 1.807) is 0 Å². The van der Waals surface area contributed by atoms with Crippen molar-refractivity contribution in [2.24, 2.45) is 5.10 Å². The van der Waals surface area contributed by atoms with Crippen LogP contribution in [-0.4, -0.2) is 47.8 Å². The summed E-state index contributed by atoms with van der Waals surface area (Å²) < 4.78 is 41.6. The Hall–Kier alpha value is -5.09. The van der Waals surface area contributed by atoms with Crippen LogP contribution in [0.4, 0.5) is 15.2 Å². The van der Waals surface area contributed by atoms with Crippen LogP contribution in [-0.2, 0) is 10.0 Å². The molecule has 0 aliphatic heterocycles. The number of sulfonamides is 1. The van der Waals surface area contributed by atoms with Gasteiger partial charge in [-0.15, -0.1) is 0 Å². The zero-order chi connectivity index (χ0) is 30.3. The van der Waals surface area contributed by atoms with Crippen molar-refractivity contribution in [3.05, 3.63) is 93.8 Å². The molecule has 0 aliphatic carbocycles. The van der Waals surface area contributed by atoms with Gasteiger partial charge in [0.2, 0.25) is 15.2 Å². The van der Waals surface area contributed by atoms with E-state index in [0.29, 0.717) is 15.8 Å². The molecule has 0 atom stereocenters. The zero-order valence-electron chi connectivity index (χ0n) is 21.6. The fraction of sp³-hybridized carbons (Fsp3) is 0.148. The van der Waals surface area contributed by atoms with Gasteiger partial charge in [0.1, 0.15) is 5.82 Å². The highest BCUT2D eigenvalue weighted by atomic mass is 32.2. The summed E-state index contributed by atoms with van der Waals surface area (Å²) >= 11 is 1.01. The topological polar surface area (TPSA) is 174 Å². The number of hydrazone groups is 1. The summed E-state index contributed by atoms with van der Waals surface area (Å²) in [7, 11) is -4.05. The quantitative estimate of drug-likeness (QED) is 0.133. The Morgan fingerprint density at radius 1 is 1.05 bits per heavy atom. The van der Waals surface area contributed by atoms with Crippen molar-refractivity contribution < 1.29 is 22.5 Å². The van der Waals surface area contributed by atoms with Crippen LogP contribution in [0.15, 0.2) is 76.7 Å². The van der Waals surface area contributed by atoms with Crippen LogP contribution >= 0.6 is 11.3 Å². The molecular formula is C27H20FN7O5S2. The Kier molecular flexibility index (Phi) is 9.28. The van der Waals surface area contributed by atoms with Crippen molar-refractivity contribution in [3.63, 3.8) is 0 Å². The summed E-state index contributed by atoms with van der Waals surface area (Å²) in [6.45, 7) is -0.185. The number of benzene rings is 3. The van der Waals surface area contributed by atoms with Gasteiger partial charge in [0, 0.05) is 43.6 Å². The lowest BCUT2D eigenvalue weighted by molar-refractivity contribution is -0.384. The van der Waals surface area contributed by atoms with Crippen LogP contribution in [0.25, 0.3) is 10.2 Å². The molecule has 0 spiro atoms. The van der Waals surface area contributed by atoms with E-state index in [1.165, 1.54) is 72.9 Å². The highest BCUT2D eigenvalue weighted by Crippen LogP contribution is 2.31. The molecule has 4 aromatic rings. The van der Waals surface area contributed by atoms with E-state index in [2.05, 4.69) is 10.1 Å². The van der Waals surface area contributed by atoms with Gasteiger partial charge in [-0.1, -0.05) is 11.3 Å². The average Bonchev–Trinajstić information content (AvgIpc) is 3.40. The maximum atomic E-state index is 13.8. The van der Waals surface area contributed by atoms with Crippen LogP contribution < -0.4 is 5.01 Å². The Labute approximate surface area is 243 Å². The first-order valence-corrected chi connectivity index (χ1v) is 14.4. The SMILES string of the molecule is N#CCCN(CCC#N)S(=O)(=O)c1ccc(C(=O)N(/N=C/c2ccc([N+](=O)[O-])cc2)c2nc3ccc(F)cc3s2)cc1. The molecule has 0 saturated heterocycles. The predicted molar refractivity (Wildman–Crippen MR) is 153 cm³/mol. The maximum absolute atomic E-state index is 13.8. The van der Waals surface area contributed by atoms with E-state index in [-0.39, 0.29) is 47.2 Å². The van der Waals surface area contributed by atoms with Gasteiger partial charge in [-0.25, -0.2) is 17.8 Å². The van der Waals surface area contributed by atoms with Crippen LogP contribution in [0.3, 0.4) is 0 Å². The molecule has 1 aromatic heterocycles. The first-order chi connectivity index (χ1) is 20.1. The molecule has 212 valence electrons. The molecule has 42 heavy (non-hydrogen) atoms. The second-order valence-corrected chi connectivity index (χ2v) is 11.5. The molecule has 0 unspecified atom stereocenters. The van der Waals surface area contributed by atoms with Gasteiger partial charge in [-0.05, 0) is 60.2 Å². The minimum absolute atomic E-state index is 0.0563. The number of rotatable bonds is 11. The number of amides is 1. The molecule has 0 bridgehead atoms. The molecule has 0 fully saturated rings. The number of nitriles is 2. The Morgan fingerprint density at radius 3 is 2.29 bits per heavy atom. The number of fused-ring (bicyclic) bond motifs is 1. The van der Waals surface area contributed by atoms with Gasteiger partial charge in [0.05, 0.1) is 38.4 Å². The minimum Gasteiger partial charge on any atom is -0.267 e. The summed E-state index contributed by atoms with van der Waals surface area (Å²) in [6, 6.07) is 18.2. The van der Waals surface area contributed by atoms with Crippen molar-refractivity contribution in [2.45, 2.75) is 17.7 Å². The van der Waals surface area contributed by atoms with Gasteiger partial charge in [-0.3, -0.25) is 14.9 Å². The number of hydrogen-bond donors (Lipinski definition) is 0. The van der Waals surface area contributed by atoms with Crippen molar-refractivity contribution in [1.82, 2.24) is 9.29 Å². The lowest BCUT2D eigenvalue weighted by Crippen LogP contribution is -2.33. The van der Waals surface area contributed by atoms with Crippen LogP contribution in [0.2, 0.25) is 0 Å². The number of carbonyl (C=O) groups is 1. The van der Waals surface area contributed by atoms with E-state index >= 15 is 0 Å². The number of halogens is 1. The van der Waals surface area contributed by atoms with Crippen molar-refractivity contribution in [1.29, 1.82) is 10.5 Å². The van der Waals surface area contributed by atoms with Gasteiger partial charge >= 0.3 is 0 Å². The van der Waals surface area contributed by atoms with E-state index in [0.717, 1.165) is 20.7 Å². The number of aromatic nitrogens is 1. The molecule has 0 aliphatic rings. The summed E-state index contributed by atoms with van der Waals surface area (Å²) in [6.07, 6.45) is 1.18. The molecule has 1 heterocycles. The minimum atomic E-state index is -4.05. The van der Waals surface area contributed by atoms with Crippen LogP contribution in [0, 0.1) is 38.6 Å². The normalized spacial score (nSPS) is 11.4. The standard InChI is InChI=1S/C27H20FN7O5S2/c28-21-7-12-24-25(17-21)41-27(32-24)34(31-18-19-3-8-22(9-4-19)35(37)38)26(36)20-5-10-23(11-6-20)42(39,40)33(15-1-13-29)16-2-14-30/h3-12,17-18H,1-2,15-16H2/b31-18+. The second kappa shape index (κ2) is 13.0. The van der Waals surface area contributed by atoms with E-state index < -0.39 is 26.7 Å². The fourth-order valence-electron chi connectivity index (χ4n) is 3.71.